The molecule has 19 heavy (non-hydrogen) atoms. The van der Waals surface area contributed by atoms with Crippen LogP contribution in [0.2, 0.25) is 0 Å². The maximum absolute atomic E-state index is 11.6. The highest BCUT2D eigenvalue weighted by Crippen LogP contribution is 2.15. The van der Waals surface area contributed by atoms with Gasteiger partial charge in [0.1, 0.15) is 0 Å². The summed E-state index contributed by atoms with van der Waals surface area (Å²) in [7, 11) is 0. The van der Waals surface area contributed by atoms with E-state index in [9.17, 15) is 4.79 Å². The second-order valence-corrected chi connectivity index (χ2v) is 4.57. The Bertz CT molecular complexity index is 405. The monoisotopic (exact) mass is 264 g/mol. The SMILES string of the molecule is CCOCCCNC(=O)CNc1ccc(C)cc1C. The van der Waals surface area contributed by atoms with Crippen LogP contribution < -0.4 is 10.6 Å². The minimum atomic E-state index is 0.0106. The highest BCUT2D eigenvalue weighted by molar-refractivity contribution is 5.80. The maximum atomic E-state index is 11.6. The van der Waals surface area contributed by atoms with Crippen molar-refractivity contribution in [1.29, 1.82) is 0 Å². The molecule has 2 N–H and O–H groups in total. The van der Waals surface area contributed by atoms with Crippen molar-refractivity contribution in [3.05, 3.63) is 29.3 Å². The number of anilines is 1. The largest absolute Gasteiger partial charge is 0.382 e. The van der Waals surface area contributed by atoms with E-state index in [-0.39, 0.29) is 5.91 Å². The number of carbonyl (C=O) groups is 1. The van der Waals surface area contributed by atoms with E-state index in [0.29, 0.717) is 19.7 Å². The van der Waals surface area contributed by atoms with Crippen LogP contribution in [0.15, 0.2) is 18.2 Å². The fourth-order valence-electron chi connectivity index (χ4n) is 1.80. The molecule has 0 spiro atoms. The molecule has 0 aliphatic rings. The van der Waals surface area contributed by atoms with Crippen LogP contribution in [-0.4, -0.2) is 32.2 Å². The molecule has 1 rings (SSSR count). The third-order valence-electron chi connectivity index (χ3n) is 2.81. The summed E-state index contributed by atoms with van der Waals surface area (Å²) in [5.41, 5.74) is 3.39. The minimum Gasteiger partial charge on any atom is -0.382 e. The first-order chi connectivity index (χ1) is 9.13. The van der Waals surface area contributed by atoms with Crippen LogP contribution in [0.4, 0.5) is 5.69 Å². The maximum Gasteiger partial charge on any atom is 0.239 e. The van der Waals surface area contributed by atoms with Gasteiger partial charge in [0.15, 0.2) is 0 Å². The smallest absolute Gasteiger partial charge is 0.239 e. The molecule has 0 heterocycles. The second-order valence-electron chi connectivity index (χ2n) is 4.57. The van der Waals surface area contributed by atoms with E-state index in [2.05, 4.69) is 23.6 Å². The number of rotatable bonds is 8. The molecule has 106 valence electrons. The molecule has 1 aromatic rings. The molecular weight excluding hydrogens is 240 g/mol. The summed E-state index contributed by atoms with van der Waals surface area (Å²) in [6.07, 6.45) is 0.850. The van der Waals surface area contributed by atoms with Crippen molar-refractivity contribution < 1.29 is 9.53 Å². The Morgan fingerprint density at radius 3 is 2.79 bits per heavy atom. The third-order valence-corrected chi connectivity index (χ3v) is 2.81. The first-order valence-corrected chi connectivity index (χ1v) is 6.79. The van der Waals surface area contributed by atoms with Gasteiger partial charge in [-0.05, 0) is 38.8 Å². The fourth-order valence-corrected chi connectivity index (χ4v) is 1.80. The molecule has 0 saturated carbocycles. The Morgan fingerprint density at radius 1 is 1.32 bits per heavy atom. The first-order valence-electron chi connectivity index (χ1n) is 6.79. The molecular formula is C15H24N2O2. The Hall–Kier alpha value is -1.55. The van der Waals surface area contributed by atoms with E-state index >= 15 is 0 Å². The van der Waals surface area contributed by atoms with Gasteiger partial charge >= 0.3 is 0 Å². The van der Waals surface area contributed by atoms with Gasteiger partial charge in [-0.3, -0.25) is 4.79 Å². The van der Waals surface area contributed by atoms with E-state index in [4.69, 9.17) is 4.74 Å². The molecule has 0 radical (unpaired) electrons. The predicted molar refractivity (Wildman–Crippen MR) is 78.5 cm³/mol. The number of aryl methyl sites for hydroxylation is 2. The van der Waals surface area contributed by atoms with Crippen molar-refractivity contribution in [1.82, 2.24) is 5.32 Å². The van der Waals surface area contributed by atoms with Crippen molar-refractivity contribution >= 4 is 11.6 Å². The van der Waals surface area contributed by atoms with Crippen LogP contribution in [0, 0.1) is 13.8 Å². The lowest BCUT2D eigenvalue weighted by Crippen LogP contribution is -2.31. The lowest BCUT2D eigenvalue weighted by Gasteiger charge is -2.10. The normalized spacial score (nSPS) is 10.3. The van der Waals surface area contributed by atoms with Gasteiger partial charge in [0.25, 0.3) is 0 Å². The average Bonchev–Trinajstić information content (AvgIpc) is 2.37. The molecule has 0 saturated heterocycles. The quantitative estimate of drug-likeness (QED) is 0.708. The zero-order chi connectivity index (χ0) is 14.1. The number of ether oxygens (including phenoxy) is 1. The van der Waals surface area contributed by atoms with Crippen molar-refractivity contribution in [3.63, 3.8) is 0 Å². The van der Waals surface area contributed by atoms with Crippen LogP contribution in [0.5, 0.6) is 0 Å². The van der Waals surface area contributed by atoms with Gasteiger partial charge in [-0.1, -0.05) is 17.7 Å². The zero-order valence-corrected chi connectivity index (χ0v) is 12.1. The van der Waals surface area contributed by atoms with Gasteiger partial charge in [0.05, 0.1) is 6.54 Å². The van der Waals surface area contributed by atoms with Gasteiger partial charge in [-0.15, -0.1) is 0 Å². The Kier molecular flexibility index (Phi) is 6.97. The predicted octanol–water partition coefficient (Wildman–Crippen LogP) is 2.26. The summed E-state index contributed by atoms with van der Waals surface area (Å²) in [5.74, 6) is 0.0106. The highest BCUT2D eigenvalue weighted by Gasteiger charge is 2.02. The Balaban J connectivity index is 2.22. The van der Waals surface area contributed by atoms with Crippen LogP contribution in [-0.2, 0) is 9.53 Å². The van der Waals surface area contributed by atoms with Gasteiger partial charge in [0.2, 0.25) is 5.91 Å². The summed E-state index contributed by atoms with van der Waals surface area (Å²) < 4.78 is 5.20. The molecule has 0 fully saturated rings. The van der Waals surface area contributed by atoms with Crippen molar-refractivity contribution in [2.24, 2.45) is 0 Å². The number of hydrogen-bond acceptors (Lipinski definition) is 3. The van der Waals surface area contributed by atoms with E-state index in [1.54, 1.807) is 0 Å². The Labute approximate surface area is 115 Å². The van der Waals surface area contributed by atoms with E-state index in [1.165, 1.54) is 5.56 Å². The molecule has 0 atom stereocenters. The van der Waals surface area contributed by atoms with Crippen LogP contribution >= 0.6 is 0 Å². The summed E-state index contributed by atoms with van der Waals surface area (Å²) in [6.45, 7) is 8.44. The molecule has 1 amide bonds. The fraction of sp³-hybridized carbons (Fsp3) is 0.533. The summed E-state index contributed by atoms with van der Waals surface area (Å²) in [5, 5.41) is 6.01. The number of nitrogens with one attached hydrogen (secondary N) is 2. The average molecular weight is 264 g/mol. The highest BCUT2D eigenvalue weighted by atomic mass is 16.5. The molecule has 4 nitrogen and oxygen atoms in total. The first kappa shape index (κ1) is 15.5. The third kappa shape index (κ3) is 6.25. The lowest BCUT2D eigenvalue weighted by molar-refractivity contribution is -0.119. The van der Waals surface area contributed by atoms with E-state index < -0.39 is 0 Å². The summed E-state index contributed by atoms with van der Waals surface area (Å²) in [4.78, 5) is 11.6. The molecule has 0 bridgehead atoms. The summed E-state index contributed by atoms with van der Waals surface area (Å²) in [6, 6.07) is 6.14. The number of hydrogen-bond donors (Lipinski definition) is 2. The molecule has 0 aromatic heterocycles. The van der Waals surface area contributed by atoms with Crippen molar-refractivity contribution in [3.8, 4) is 0 Å². The van der Waals surface area contributed by atoms with Gasteiger partial charge in [0, 0.05) is 25.4 Å². The van der Waals surface area contributed by atoms with E-state index in [1.807, 2.05) is 26.0 Å². The second kappa shape index (κ2) is 8.53. The molecule has 0 aliphatic heterocycles. The van der Waals surface area contributed by atoms with Crippen molar-refractivity contribution in [2.75, 3.05) is 31.6 Å². The zero-order valence-electron chi connectivity index (χ0n) is 12.1. The molecule has 1 aromatic carbocycles. The van der Waals surface area contributed by atoms with Gasteiger partial charge in [-0.25, -0.2) is 0 Å². The lowest BCUT2D eigenvalue weighted by atomic mass is 10.1. The van der Waals surface area contributed by atoms with Gasteiger partial charge < -0.3 is 15.4 Å². The van der Waals surface area contributed by atoms with Crippen LogP contribution in [0.3, 0.4) is 0 Å². The minimum absolute atomic E-state index is 0.0106. The summed E-state index contributed by atoms with van der Waals surface area (Å²) >= 11 is 0. The van der Waals surface area contributed by atoms with Crippen molar-refractivity contribution in [2.45, 2.75) is 27.2 Å². The molecule has 0 aliphatic carbocycles. The molecule has 0 unspecified atom stereocenters. The van der Waals surface area contributed by atoms with Gasteiger partial charge in [-0.2, -0.15) is 0 Å². The van der Waals surface area contributed by atoms with Crippen LogP contribution in [0.1, 0.15) is 24.5 Å². The molecule has 4 heteroatoms. The number of amides is 1. The van der Waals surface area contributed by atoms with E-state index in [0.717, 1.165) is 24.3 Å². The topological polar surface area (TPSA) is 50.4 Å². The Morgan fingerprint density at radius 2 is 2.11 bits per heavy atom. The number of benzene rings is 1. The van der Waals surface area contributed by atoms with Crippen LogP contribution in [0.25, 0.3) is 0 Å². The standard InChI is InChI=1S/C15H24N2O2/c1-4-19-9-5-8-16-15(18)11-17-14-7-6-12(2)10-13(14)3/h6-7,10,17H,4-5,8-9,11H2,1-3H3,(H,16,18). The number of carbonyl (C=O) groups excluding carboxylic acids is 1.